The van der Waals surface area contributed by atoms with Crippen LogP contribution < -0.4 is 11.3 Å². The third kappa shape index (κ3) is 3.05. The molecule has 1 unspecified atom stereocenters. The first-order valence-electron chi connectivity index (χ1n) is 2.78. The first-order valence-corrected chi connectivity index (χ1v) is 4.07. The van der Waals surface area contributed by atoms with Crippen molar-refractivity contribution < 1.29 is 9.53 Å². The zero-order valence-electron chi connectivity index (χ0n) is 6.09. The second-order valence-electron chi connectivity index (χ2n) is 1.69. The highest BCUT2D eigenvalue weighted by atomic mass is 32.2. The Morgan fingerprint density at radius 2 is 2.50 bits per heavy atom. The van der Waals surface area contributed by atoms with E-state index in [1.54, 1.807) is 7.11 Å². The maximum atomic E-state index is 10.8. The molecule has 0 radical (unpaired) electrons. The highest BCUT2D eigenvalue weighted by Gasteiger charge is 2.14. The highest BCUT2D eigenvalue weighted by molar-refractivity contribution is 7.99. The summed E-state index contributed by atoms with van der Waals surface area (Å²) in [4.78, 5) is 10.8. The minimum absolute atomic E-state index is 0.199. The number of rotatable bonds is 4. The van der Waals surface area contributed by atoms with E-state index in [-0.39, 0.29) is 11.2 Å². The van der Waals surface area contributed by atoms with Crippen molar-refractivity contribution in [1.82, 2.24) is 5.43 Å². The number of hydrazine groups is 1. The molecule has 10 heavy (non-hydrogen) atoms. The largest absolute Gasteiger partial charge is 0.383 e. The van der Waals surface area contributed by atoms with Crippen LogP contribution in [-0.4, -0.2) is 31.1 Å². The summed E-state index contributed by atoms with van der Waals surface area (Å²) < 4.78 is 4.78. The number of hydrogen-bond donors (Lipinski definition) is 2. The molecule has 0 aromatic heterocycles. The average Bonchev–Trinajstić information content (AvgIpc) is 1.99. The van der Waals surface area contributed by atoms with Gasteiger partial charge in [-0.25, -0.2) is 5.84 Å². The molecule has 0 rings (SSSR count). The molecule has 0 aromatic carbocycles. The lowest BCUT2D eigenvalue weighted by Gasteiger charge is -2.09. The summed E-state index contributed by atoms with van der Waals surface area (Å²) in [7, 11) is 1.55. The summed E-state index contributed by atoms with van der Waals surface area (Å²) in [6.07, 6.45) is 1.83. The van der Waals surface area contributed by atoms with Gasteiger partial charge in [0.15, 0.2) is 0 Å². The molecular formula is C5H12N2O2S. The van der Waals surface area contributed by atoms with Gasteiger partial charge in [-0.3, -0.25) is 10.2 Å². The fraction of sp³-hybridized carbons (Fsp3) is 0.800. The van der Waals surface area contributed by atoms with Gasteiger partial charge in [0.05, 0.1) is 6.61 Å². The zero-order valence-corrected chi connectivity index (χ0v) is 6.90. The first-order chi connectivity index (χ1) is 4.76. The second-order valence-corrected chi connectivity index (χ2v) is 2.73. The molecule has 0 aliphatic carbocycles. The predicted octanol–water partition coefficient (Wildman–Crippen LogP) is -0.646. The summed E-state index contributed by atoms with van der Waals surface area (Å²) in [5.74, 6) is 4.71. The number of nitrogens with two attached hydrogens (primary N) is 1. The van der Waals surface area contributed by atoms with Crippen molar-refractivity contribution in [2.75, 3.05) is 20.0 Å². The van der Waals surface area contributed by atoms with E-state index in [2.05, 4.69) is 5.43 Å². The minimum atomic E-state index is -0.200. The monoisotopic (exact) mass is 164 g/mol. The van der Waals surface area contributed by atoms with Gasteiger partial charge in [-0.15, -0.1) is 11.8 Å². The van der Waals surface area contributed by atoms with E-state index >= 15 is 0 Å². The van der Waals surface area contributed by atoms with Crippen LogP contribution in [0.4, 0.5) is 0 Å². The van der Waals surface area contributed by atoms with E-state index in [0.717, 1.165) is 0 Å². The second kappa shape index (κ2) is 5.52. The molecule has 4 nitrogen and oxygen atoms in total. The van der Waals surface area contributed by atoms with Crippen molar-refractivity contribution in [3.05, 3.63) is 0 Å². The van der Waals surface area contributed by atoms with Gasteiger partial charge in [-0.2, -0.15) is 0 Å². The Labute approximate surface area is 64.5 Å². The molecule has 5 heteroatoms. The normalized spacial score (nSPS) is 12.7. The molecule has 0 heterocycles. The van der Waals surface area contributed by atoms with Gasteiger partial charge in [0.2, 0.25) is 5.91 Å². The Balaban J connectivity index is 3.68. The van der Waals surface area contributed by atoms with Crippen molar-refractivity contribution in [3.8, 4) is 0 Å². The number of thioether (sulfide) groups is 1. The quantitative estimate of drug-likeness (QED) is 0.329. The molecule has 1 atom stereocenters. The van der Waals surface area contributed by atoms with Gasteiger partial charge < -0.3 is 4.74 Å². The maximum Gasteiger partial charge on any atom is 0.249 e. The molecule has 0 bridgehead atoms. The van der Waals surface area contributed by atoms with Gasteiger partial charge in [-0.05, 0) is 6.26 Å². The van der Waals surface area contributed by atoms with Crippen LogP contribution in [-0.2, 0) is 9.53 Å². The lowest BCUT2D eigenvalue weighted by molar-refractivity contribution is -0.121. The van der Waals surface area contributed by atoms with Crippen LogP contribution in [0.2, 0.25) is 0 Å². The molecule has 60 valence electrons. The molecular weight excluding hydrogens is 152 g/mol. The topological polar surface area (TPSA) is 64.3 Å². The van der Waals surface area contributed by atoms with Gasteiger partial charge in [-0.1, -0.05) is 0 Å². The molecule has 0 saturated carbocycles. The Morgan fingerprint density at radius 3 is 2.80 bits per heavy atom. The number of carbonyl (C=O) groups excluding carboxylic acids is 1. The molecule has 0 aliphatic rings. The van der Waals surface area contributed by atoms with Gasteiger partial charge in [0.1, 0.15) is 5.25 Å². The molecule has 0 fully saturated rings. The zero-order chi connectivity index (χ0) is 7.98. The van der Waals surface area contributed by atoms with E-state index in [1.165, 1.54) is 11.8 Å². The third-order valence-corrected chi connectivity index (χ3v) is 1.96. The Kier molecular flexibility index (Phi) is 5.38. The average molecular weight is 164 g/mol. The van der Waals surface area contributed by atoms with Crippen LogP contribution in [0.3, 0.4) is 0 Å². The Bertz CT molecular complexity index is 110. The number of amides is 1. The van der Waals surface area contributed by atoms with Crippen LogP contribution in [0, 0.1) is 0 Å². The third-order valence-electron chi connectivity index (χ3n) is 1.04. The lowest BCUT2D eigenvalue weighted by Crippen LogP contribution is -2.39. The van der Waals surface area contributed by atoms with Gasteiger partial charge >= 0.3 is 0 Å². The number of carbonyl (C=O) groups is 1. The van der Waals surface area contributed by atoms with E-state index < -0.39 is 0 Å². The van der Waals surface area contributed by atoms with Gasteiger partial charge in [0.25, 0.3) is 0 Å². The van der Waals surface area contributed by atoms with E-state index in [9.17, 15) is 4.79 Å². The van der Waals surface area contributed by atoms with Crippen LogP contribution in [0.15, 0.2) is 0 Å². The van der Waals surface area contributed by atoms with Crippen molar-refractivity contribution in [2.45, 2.75) is 5.25 Å². The summed E-state index contributed by atoms with van der Waals surface area (Å²) in [5.41, 5.74) is 2.06. The fourth-order valence-corrected chi connectivity index (χ4v) is 1.05. The number of ether oxygens (including phenoxy) is 1. The van der Waals surface area contributed by atoms with Crippen molar-refractivity contribution in [3.63, 3.8) is 0 Å². The van der Waals surface area contributed by atoms with Crippen LogP contribution in [0.5, 0.6) is 0 Å². The predicted molar refractivity (Wildman–Crippen MR) is 41.5 cm³/mol. The summed E-state index contributed by atoms with van der Waals surface area (Å²) in [6.45, 7) is 0.393. The fourth-order valence-electron chi connectivity index (χ4n) is 0.495. The summed E-state index contributed by atoms with van der Waals surface area (Å²) in [5, 5.41) is -0.199. The minimum Gasteiger partial charge on any atom is -0.383 e. The first kappa shape index (κ1) is 9.74. The smallest absolute Gasteiger partial charge is 0.249 e. The highest BCUT2D eigenvalue weighted by Crippen LogP contribution is 2.05. The molecule has 0 aliphatic heterocycles. The van der Waals surface area contributed by atoms with E-state index in [4.69, 9.17) is 10.6 Å². The van der Waals surface area contributed by atoms with E-state index in [0.29, 0.717) is 6.61 Å². The SMILES string of the molecule is COCC(SC)C(=O)NN. The molecule has 1 amide bonds. The molecule has 3 N–H and O–H groups in total. The Hall–Kier alpha value is -0.260. The van der Waals surface area contributed by atoms with Crippen LogP contribution in [0.1, 0.15) is 0 Å². The van der Waals surface area contributed by atoms with E-state index in [1.807, 2.05) is 6.26 Å². The molecule has 0 saturated heterocycles. The molecule has 0 spiro atoms. The Morgan fingerprint density at radius 1 is 1.90 bits per heavy atom. The van der Waals surface area contributed by atoms with Crippen molar-refractivity contribution >= 4 is 17.7 Å². The summed E-state index contributed by atoms with van der Waals surface area (Å²) >= 11 is 1.41. The summed E-state index contributed by atoms with van der Waals surface area (Å²) in [6, 6.07) is 0. The maximum absolute atomic E-state index is 10.8. The van der Waals surface area contributed by atoms with Gasteiger partial charge in [0, 0.05) is 7.11 Å². The van der Waals surface area contributed by atoms with Crippen LogP contribution >= 0.6 is 11.8 Å². The standard InChI is InChI=1S/C5H12N2O2S/c1-9-3-4(10-2)5(8)7-6/h4H,3,6H2,1-2H3,(H,7,8). The van der Waals surface area contributed by atoms with Crippen molar-refractivity contribution in [1.29, 1.82) is 0 Å². The van der Waals surface area contributed by atoms with Crippen LogP contribution in [0.25, 0.3) is 0 Å². The number of methoxy groups -OCH3 is 1. The number of hydrogen-bond acceptors (Lipinski definition) is 4. The lowest BCUT2D eigenvalue weighted by atomic mass is 10.4. The number of nitrogens with one attached hydrogen (secondary N) is 1. The molecule has 0 aromatic rings. The van der Waals surface area contributed by atoms with Crippen molar-refractivity contribution in [2.24, 2.45) is 5.84 Å².